The maximum absolute atomic E-state index is 12.8. The maximum atomic E-state index is 12.8. The van der Waals surface area contributed by atoms with E-state index in [2.05, 4.69) is 37.2 Å². The van der Waals surface area contributed by atoms with Crippen LogP contribution in [0.5, 0.6) is 5.75 Å². The van der Waals surface area contributed by atoms with E-state index in [9.17, 15) is 4.39 Å². The van der Waals surface area contributed by atoms with E-state index in [4.69, 9.17) is 4.74 Å². The van der Waals surface area contributed by atoms with Crippen LogP contribution in [0, 0.1) is 5.82 Å². The molecule has 0 atom stereocenters. The fourth-order valence-electron chi connectivity index (χ4n) is 1.92. The van der Waals surface area contributed by atoms with Crippen molar-refractivity contribution < 1.29 is 9.13 Å². The Morgan fingerprint density at radius 2 is 1.80 bits per heavy atom. The van der Waals surface area contributed by atoms with E-state index in [1.807, 2.05) is 12.1 Å². The molecule has 0 radical (unpaired) electrons. The molecule has 2 rings (SSSR count). The van der Waals surface area contributed by atoms with Crippen molar-refractivity contribution in [3.8, 4) is 5.75 Å². The standard InChI is InChI=1S/C15H14Br2FNO/c1-20-15-11(6-12(16)7-14(15)17)9-19-8-10-2-4-13(18)5-3-10/h2-7,19H,8-9H2,1H3. The highest BCUT2D eigenvalue weighted by molar-refractivity contribution is 9.11. The van der Waals surface area contributed by atoms with Gasteiger partial charge in [0.15, 0.2) is 0 Å². The number of hydrogen-bond donors (Lipinski definition) is 1. The van der Waals surface area contributed by atoms with E-state index >= 15 is 0 Å². The number of nitrogens with one attached hydrogen (secondary N) is 1. The first-order chi connectivity index (χ1) is 9.60. The Balaban J connectivity index is 2.02. The van der Waals surface area contributed by atoms with Gasteiger partial charge < -0.3 is 10.1 Å². The van der Waals surface area contributed by atoms with Gasteiger partial charge in [-0.15, -0.1) is 0 Å². The number of hydrogen-bond acceptors (Lipinski definition) is 2. The smallest absolute Gasteiger partial charge is 0.137 e. The monoisotopic (exact) mass is 401 g/mol. The molecule has 0 aliphatic heterocycles. The zero-order chi connectivity index (χ0) is 14.5. The average Bonchev–Trinajstić information content (AvgIpc) is 2.40. The highest BCUT2D eigenvalue weighted by Crippen LogP contribution is 2.32. The first-order valence-corrected chi connectivity index (χ1v) is 7.66. The summed E-state index contributed by atoms with van der Waals surface area (Å²) < 4.78 is 20.1. The van der Waals surface area contributed by atoms with Gasteiger partial charge in [-0.2, -0.15) is 0 Å². The molecule has 2 nitrogen and oxygen atoms in total. The lowest BCUT2D eigenvalue weighted by molar-refractivity contribution is 0.405. The fraction of sp³-hybridized carbons (Fsp3) is 0.200. The Bertz CT molecular complexity index is 587. The third-order valence-electron chi connectivity index (χ3n) is 2.85. The van der Waals surface area contributed by atoms with E-state index in [1.54, 1.807) is 19.2 Å². The van der Waals surface area contributed by atoms with Gasteiger partial charge in [-0.05, 0) is 45.8 Å². The Morgan fingerprint density at radius 1 is 1.10 bits per heavy atom. The van der Waals surface area contributed by atoms with Crippen LogP contribution in [0.4, 0.5) is 4.39 Å². The minimum absolute atomic E-state index is 0.216. The van der Waals surface area contributed by atoms with Crippen molar-refractivity contribution in [2.24, 2.45) is 0 Å². The molecule has 1 N–H and O–H groups in total. The molecule has 0 aliphatic rings. The molecule has 0 aliphatic carbocycles. The summed E-state index contributed by atoms with van der Waals surface area (Å²) in [6, 6.07) is 10.4. The lowest BCUT2D eigenvalue weighted by atomic mass is 10.2. The number of benzene rings is 2. The highest BCUT2D eigenvalue weighted by Gasteiger charge is 2.08. The SMILES string of the molecule is COc1c(Br)cc(Br)cc1CNCc1ccc(F)cc1. The van der Waals surface area contributed by atoms with Gasteiger partial charge in [-0.25, -0.2) is 4.39 Å². The first-order valence-electron chi connectivity index (χ1n) is 6.07. The second-order valence-electron chi connectivity index (χ2n) is 4.31. The van der Waals surface area contributed by atoms with Crippen molar-refractivity contribution in [2.75, 3.05) is 7.11 Å². The van der Waals surface area contributed by atoms with E-state index in [-0.39, 0.29) is 5.82 Å². The Morgan fingerprint density at radius 3 is 2.45 bits per heavy atom. The highest BCUT2D eigenvalue weighted by atomic mass is 79.9. The van der Waals surface area contributed by atoms with Gasteiger partial charge in [0.2, 0.25) is 0 Å². The van der Waals surface area contributed by atoms with Gasteiger partial charge in [0.05, 0.1) is 11.6 Å². The molecular weight excluding hydrogens is 389 g/mol. The van der Waals surface area contributed by atoms with Crippen LogP contribution in [-0.2, 0) is 13.1 Å². The lowest BCUT2D eigenvalue weighted by Crippen LogP contribution is -2.13. The third kappa shape index (κ3) is 4.04. The summed E-state index contributed by atoms with van der Waals surface area (Å²) in [5, 5.41) is 3.32. The van der Waals surface area contributed by atoms with Crippen LogP contribution in [0.3, 0.4) is 0 Å². The van der Waals surface area contributed by atoms with Gasteiger partial charge in [-0.1, -0.05) is 28.1 Å². The summed E-state index contributed by atoms with van der Waals surface area (Å²) in [5.41, 5.74) is 2.09. The Labute approximate surface area is 134 Å². The molecule has 0 amide bonds. The van der Waals surface area contributed by atoms with Gasteiger partial charge in [0, 0.05) is 23.1 Å². The normalized spacial score (nSPS) is 10.6. The van der Waals surface area contributed by atoms with Crippen molar-refractivity contribution in [3.63, 3.8) is 0 Å². The molecule has 0 spiro atoms. The predicted molar refractivity (Wildman–Crippen MR) is 85.3 cm³/mol. The van der Waals surface area contributed by atoms with Crippen LogP contribution in [0.15, 0.2) is 45.3 Å². The van der Waals surface area contributed by atoms with Gasteiger partial charge >= 0.3 is 0 Å². The summed E-state index contributed by atoms with van der Waals surface area (Å²) in [6.45, 7) is 1.34. The minimum atomic E-state index is -0.216. The Kier molecular flexibility index (Phi) is 5.57. The van der Waals surface area contributed by atoms with E-state index in [1.165, 1.54) is 12.1 Å². The number of halogens is 3. The largest absolute Gasteiger partial charge is 0.495 e. The van der Waals surface area contributed by atoms with Gasteiger partial charge in [0.1, 0.15) is 11.6 Å². The van der Waals surface area contributed by atoms with Crippen LogP contribution in [0.1, 0.15) is 11.1 Å². The zero-order valence-corrected chi connectivity index (χ0v) is 14.1. The molecule has 5 heteroatoms. The van der Waals surface area contributed by atoms with E-state index in [0.717, 1.165) is 25.8 Å². The average molecular weight is 403 g/mol. The summed E-state index contributed by atoms with van der Waals surface area (Å²) in [5.74, 6) is 0.603. The lowest BCUT2D eigenvalue weighted by Gasteiger charge is -2.12. The predicted octanol–water partition coefficient (Wildman–Crippen LogP) is 4.65. The second kappa shape index (κ2) is 7.20. The quantitative estimate of drug-likeness (QED) is 0.785. The van der Waals surface area contributed by atoms with Crippen LogP contribution < -0.4 is 10.1 Å². The van der Waals surface area contributed by atoms with Crippen molar-refractivity contribution in [1.29, 1.82) is 0 Å². The molecule has 0 saturated heterocycles. The number of methoxy groups -OCH3 is 1. The molecule has 0 fully saturated rings. The summed E-state index contributed by atoms with van der Waals surface area (Å²) in [4.78, 5) is 0. The molecule has 2 aromatic rings. The molecule has 0 heterocycles. The molecule has 0 saturated carbocycles. The van der Waals surface area contributed by atoms with E-state index < -0.39 is 0 Å². The van der Waals surface area contributed by atoms with E-state index in [0.29, 0.717) is 13.1 Å². The minimum Gasteiger partial charge on any atom is -0.495 e. The molecule has 0 unspecified atom stereocenters. The summed E-state index contributed by atoms with van der Waals surface area (Å²) in [6.07, 6.45) is 0. The number of ether oxygens (including phenoxy) is 1. The third-order valence-corrected chi connectivity index (χ3v) is 3.89. The molecule has 2 aromatic carbocycles. The van der Waals surface area contributed by atoms with Crippen LogP contribution >= 0.6 is 31.9 Å². The van der Waals surface area contributed by atoms with Gasteiger partial charge in [-0.3, -0.25) is 0 Å². The van der Waals surface area contributed by atoms with Crippen molar-refractivity contribution >= 4 is 31.9 Å². The van der Waals surface area contributed by atoms with Crippen LogP contribution in [-0.4, -0.2) is 7.11 Å². The number of rotatable bonds is 5. The molecule has 0 bridgehead atoms. The van der Waals surface area contributed by atoms with Crippen molar-refractivity contribution in [3.05, 3.63) is 62.3 Å². The zero-order valence-electron chi connectivity index (χ0n) is 10.9. The second-order valence-corrected chi connectivity index (χ2v) is 6.08. The first kappa shape index (κ1) is 15.5. The molecular formula is C15H14Br2FNO. The maximum Gasteiger partial charge on any atom is 0.137 e. The van der Waals surface area contributed by atoms with Crippen molar-refractivity contribution in [2.45, 2.75) is 13.1 Å². The molecule has 20 heavy (non-hydrogen) atoms. The van der Waals surface area contributed by atoms with Crippen molar-refractivity contribution in [1.82, 2.24) is 5.32 Å². The Hall–Kier alpha value is -0.910. The van der Waals surface area contributed by atoms with Crippen LogP contribution in [0.25, 0.3) is 0 Å². The van der Waals surface area contributed by atoms with Crippen LogP contribution in [0.2, 0.25) is 0 Å². The summed E-state index contributed by atoms with van der Waals surface area (Å²) >= 11 is 6.94. The summed E-state index contributed by atoms with van der Waals surface area (Å²) in [7, 11) is 1.65. The topological polar surface area (TPSA) is 21.3 Å². The fourth-order valence-corrected chi connectivity index (χ4v) is 3.39. The van der Waals surface area contributed by atoms with Gasteiger partial charge in [0.25, 0.3) is 0 Å². The molecule has 0 aromatic heterocycles. The molecule has 106 valence electrons.